The van der Waals surface area contributed by atoms with Crippen LogP contribution in [0.15, 0.2) is 97.2 Å². The topological polar surface area (TPSA) is 50.9 Å². The van der Waals surface area contributed by atoms with Crippen molar-refractivity contribution in [3.63, 3.8) is 0 Å². The molecule has 0 amide bonds. The zero-order valence-corrected chi connectivity index (χ0v) is 14.3. The molecule has 0 aliphatic heterocycles. The highest BCUT2D eigenvalue weighted by Gasteiger charge is 2.13. The summed E-state index contributed by atoms with van der Waals surface area (Å²) in [5.74, 6) is 0.660. The molecule has 0 aliphatic rings. The number of nitrogens with zero attached hydrogens (tertiary/aromatic N) is 1. The average Bonchev–Trinajstić information content (AvgIpc) is 2.71. The minimum absolute atomic E-state index is 0.620. The van der Waals surface area contributed by atoms with Crippen LogP contribution in [0.25, 0.3) is 22.3 Å². The molecular weight excluding hydrogens is 318 g/mol. The summed E-state index contributed by atoms with van der Waals surface area (Å²) in [6, 6.07) is 30.7. The molecule has 3 aromatic carbocycles. The van der Waals surface area contributed by atoms with Gasteiger partial charge in [-0.05, 0) is 23.3 Å². The quantitative estimate of drug-likeness (QED) is 0.499. The molecule has 0 spiro atoms. The van der Waals surface area contributed by atoms with Crippen LogP contribution < -0.4 is 11.1 Å². The number of anilines is 3. The number of hydrogen-bond donors (Lipinski definition) is 2. The fourth-order valence-corrected chi connectivity index (χ4v) is 3.04. The van der Waals surface area contributed by atoms with E-state index in [1.165, 1.54) is 0 Å². The summed E-state index contributed by atoms with van der Waals surface area (Å²) >= 11 is 0. The third kappa shape index (κ3) is 3.15. The smallest absolute Gasteiger partial charge is 0.153 e. The van der Waals surface area contributed by atoms with Crippen molar-refractivity contribution in [2.75, 3.05) is 11.1 Å². The predicted molar refractivity (Wildman–Crippen MR) is 109 cm³/mol. The van der Waals surface area contributed by atoms with Gasteiger partial charge in [0.05, 0.1) is 11.4 Å². The first-order valence-electron chi connectivity index (χ1n) is 8.54. The van der Waals surface area contributed by atoms with E-state index in [9.17, 15) is 0 Å². The summed E-state index contributed by atoms with van der Waals surface area (Å²) in [5.41, 5.74) is 12.2. The molecule has 1 aromatic heterocycles. The van der Waals surface area contributed by atoms with E-state index in [0.29, 0.717) is 11.5 Å². The van der Waals surface area contributed by atoms with Crippen LogP contribution in [0.5, 0.6) is 0 Å². The summed E-state index contributed by atoms with van der Waals surface area (Å²) in [4.78, 5) is 4.41. The Morgan fingerprint density at radius 1 is 0.615 bits per heavy atom. The van der Waals surface area contributed by atoms with Crippen molar-refractivity contribution in [2.24, 2.45) is 0 Å². The summed E-state index contributed by atoms with van der Waals surface area (Å²) < 4.78 is 0. The van der Waals surface area contributed by atoms with E-state index in [1.807, 2.05) is 48.5 Å². The van der Waals surface area contributed by atoms with Gasteiger partial charge in [0, 0.05) is 17.3 Å². The van der Waals surface area contributed by atoms with E-state index in [0.717, 1.165) is 27.9 Å². The molecule has 0 atom stereocenters. The maximum absolute atomic E-state index is 6.12. The molecule has 3 heteroatoms. The fourth-order valence-electron chi connectivity index (χ4n) is 3.04. The Morgan fingerprint density at radius 3 is 1.73 bits per heavy atom. The Bertz CT molecular complexity index is 954. The maximum atomic E-state index is 6.12. The van der Waals surface area contributed by atoms with E-state index in [1.54, 1.807) is 6.20 Å². The second-order valence-electron chi connectivity index (χ2n) is 6.03. The number of nitrogens with two attached hydrogens (primary N) is 1. The Labute approximate surface area is 153 Å². The average molecular weight is 337 g/mol. The van der Waals surface area contributed by atoms with E-state index in [2.05, 4.69) is 52.8 Å². The van der Waals surface area contributed by atoms with Crippen molar-refractivity contribution < 1.29 is 0 Å². The number of hydrogen-bond acceptors (Lipinski definition) is 3. The Kier molecular flexibility index (Phi) is 4.35. The molecule has 4 rings (SSSR count). The van der Waals surface area contributed by atoms with Gasteiger partial charge >= 0.3 is 0 Å². The van der Waals surface area contributed by atoms with Gasteiger partial charge in [0.1, 0.15) is 0 Å². The number of benzene rings is 3. The van der Waals surface area contributed by atoms with Crippen molar-refractivity contribution in [2.45, 2.75) is 0 Å². The minimum Gasteiger partial charge on any atom is -0.396 e. The molecule has 126 valence electrons. The van der Waals surface area contributed by atoms with E-state index in [4.69, 9.17) is 5.73 Å². The Hall–Kier alpha value is -3.59. The lowest BCUT2D eigenvalue weighted by molar-refractivity contribution is 1.31. The Balaban J connectivity index is 1.92. The number of pyridine rings is 1. The standard InChI is InChI=1S/C23H19N3/c24-21-15-8-16-25-23(21)26-22-19(17-9-3-1-4-10-17)13-7-14-20(22)18-11-5-2-6-12-18/h1-16H,24H2,(H,25,26). The van der Waals surface area contributed by atoms with Gasteiger partial charge in [-0.3, -0.25) is 0 Å². The molecule has 0 unspecified atom stereocenters. The number of rotatable bonds is 4. The van der Waals surface area contributed by atoms with Crippen molar-refractivity contribution in [3.05, 3.63) is 97.2 Å². The molecule has 0 saturated heterocycles. The molecule has 3 N–H and O–H groups in total. The minimum atomic E-state index is 0.620. The second-order valence-corrected chi connectivity index (χ2v) is 6.03. The van der Waals surface area contributed by atoms with E-state index < -0.39 is 0 Å². The van der Waals surface area contributed by atoms with Crippen molar-refractivity contribution in [1.29, 1.82) is 0 Å². The van der Waals surface area contributed by atoms with Crippen LogP contribution in [0.4, 0.5) is 17.2 Å². The van der Waals surface area contributed by atoms with Gasteiger partial charge < -0.3 is 11.1 Å². The number of para-hydroxylation sites is 1. The second kappa shape index (κ2) is 7.11. The molecule has 0 saturated carbocycles. The zero-order chi connectivity index (χ0) is 17.8. The summed E-state index contributed by atoms with van der Waals surface area (Å²) in [6.07, 6.45) is 1.74. The third-order valence-electron chi connectivity index (χ3n) is 4.32. The van der Waals surface area contributed by atoms with Crippen molar-refractivity contribution in [3.8, 4) is 22.3 Å². The van der Waals surface area contributed by atoms with Crippen LogP contribution in [0.2, 0.25) is 0 Å². The predicted octanol–water partition coefficient (Wildman–Crippen LogP) is 5.74. The van der Waals surface area contributed by atoms with Crippen LogP contribution in [0, 0.1) is 0 Å². The van der Waals surface area contributed by atoms with Gasteiger partial charge in [-0.1, -0.05) is 78.9 Å². The monoisotopic (exact) mass is 337 g/mol. The maximum Gasteiger partial charge on any atom is 0.153 e. The summed E-state index contributed by atoms with van der Waals surface area (Å²) in [5, 5.41) is 3.47. The van der Waals surface area contributed by atoms with E-state index >= 15 is 0 Å². The Morgan fingerprint density at radius 2 is 1.19 bits per heavy atom. The van der Waals surface area contributed by atoms with Gasteiger partial charge in [-0.25, -0.2) is 4.98 Å². The summed E-state index contributed by atoms with van der Waals surface area (Å²) in [6.45, 7) is 0. The molecule has 26 heavy (non-hydrogen) atoms. The van der Waals surface area contributed by atoms with Gasteiger partial charge in [-0.2, -0.15) is 0 Å². The lowest BCUT2D eigenvalue weighted by atomic mass is 9.96. The number of nitrogen functional groups attached to an aromatic ring is 1. The summed E-state index contributed by atoms with van der Waals surface area (Å²) in [7, 11) is 0. The highest BCUT2D eigenvalue weighted by Crippen LogP contribution is 2.39. The zero-order valence-electron chi connectivity index (χ0n) is 14.3. The lowest BCUT2D eigenvalue weighted by Gasteiger charge is -2.18. The van der Waals surface area contributed by atoms with Gasteiger partial charge in [0.15, 0.2) is 5.82 Å². The normalized spacial score (nSPS) is 10.5. The largest absolute Gasteiger partial charge is 0.396 e. The van der Waals surface area contributed by atoms with Gasteiger partial charge in [-0.15, -0.1) is 0 Å². The SMILES string of the molecule is Nc1cccnc1Nc1c(-c2ccccc2)cccc1-c1ccccc1. The third-order valence-corrected chi connectivity index (χ3v) is 4.32. The molecule has 4 aromatic rings. The molecule has 0 fully saturated rings. The van der Waals surface area contributed by atoms with Crippen molar-refractivity contribution >= 4 is 17.2 Å². The highest BCUT2D eigenvalue weighted by atomic mass is 15.0. The number of nitrogens with one attached hydrogen (secondary N) is 1. The first kappa shape index (κ1) is 15.9. The van der Waals surface area contributed by atoms with Gasteiger partial charge in [0.2, 0.25) is 0 Å². The van der Waals surface area contributed by atoms with E-state index in [-0.39, 0.29) is 0 Å². The lowest BCUT2D eigenvalue weighted by Crippen LogP contribution is -2.01. The van der Waals surface area contributed by atoms with Crippen LogP contribution >= 0.6 is 0 Å². The number of aromatic nitrogens is 1. The van der Waals surface area contributed by atoms with Crippen molar-refractivity contribution in [1.82, 2.24) is 4.98 Å². The molecule has 3 nitrogen and oxygen atoms in total. The molecule has 1 heterocycles. The molecule has 0 radical (unpaired) electrons. The molecule has 0 bridgehead atoms. The van der Waals surface area contributed by atoms with Crippen LogP contribution in [-0.4, -0.2) is 4.98 Å². The first-order valence-corrected chi connectivity index (χ1v) is 8.54. The fraction of sp³-hybridized carbons (Fsp3) is 0. The molecule has 0 aliphatic carbocycles. The van der Waals surface area contributed by atoms with Crippen LogP contribution in [0.1, 0.15) is 0 Å². The van der Waals surface area contributed by atoms with Gasteiger partial charge in [0.25, 0.3) is 0 Å². The first-order chi connectivity index (χ1) is 12.8. The van der Waals surface area contributed by atoms with Crippen LogP contribution in [-0.2, 0) is 0 Å². The van der Waals surface area contributed by atoms with Crippen LogP contribution in [0.3, 0.4) is 0 Å². The highest BCUT2D eigenvalue weighted by molar-refractivity contribution is 5.93. The molecular formula is C23H19N3.